The van der Waals surface area contributed by atoms with E-state index in [9.17, 15) is 9.59 Å². The zero-order valence-corrected chi connectivity index (χ0v) is 44.7. The number of rotatable bonds is 20. The molecule has 0 spiro atoms. The van der Waals surface area contributed by atoms with Gasteiger partial charge in [0.25, 0.3) is 5.88 Å². The van der Waals surface area contributed by atoms with E-state index in [0.29, 0.717) is 22.9 Å². The maximum atomic E-state index is 15.7. The molecule has 1 N–H and O–H groups in total. The molecule has 1 saturated heterocycles. The molecule has 390 valence electrons. The molecule has 0 bridgehead atoms. The number of benzene rings is 7. The van der Waals surface area contributed by atoms with E-state index in [2.05, 4.69) is 10.3 Å². The number of amides is 2. The molecule has 1 fully saturated rings. The Morgan fingerprint density at radius 3 is 1.69 bits per heavy atom. The Hall–Kier alpha value is -7.76. The van der Waals surface area contributed by atoms with Gasteiger partial charge in [-0.3, -0.25) is 19.2 Å². The molecule has 3 heterocycles. The Balaban J connectivity index is 1.07. The predicted molar refractivity (Wildman–Crippen MR) is 299 cm³/mol. The fourth-order valence-corrected chi connectivity index (χ4v) is 15.9. The molecule has 2 amide bonds. The summed E-state index contributed by atoms with van der Waals surface area (Å²) in [6.07, 6.45) is -1.67. The number of anilines is 3. The summed E-state index contributed by atoms with van der Waals surface area (Å²) < 4.78 is 56.3. The van der Waals surface area contributed by atoms with E-state index in [-0.39, 0.29) is 48.3 Å². The van der Waals surface area contributed by atoms with E-state index < -0.39 is 35.9 Å². The molecule has 1 aliphatic rings. The summed E-state index contributed by atoms with van der Waals surface area (Å²) in [5, 5.41) is 2.74. The molecule has 1 aliphatic heterocycles. The lowest BCUT2D eigenvalue weighted by molar-refractivity contribution is -0.115. The number of methoxy groups -OCH3 is 2. The summed E-state index contributed by atoms with van der Waals surface area (Å²) in [7, 11) is 3.24. The van der Waals surface area contributed by atoms with Crippen LogP contribution in [0.2, 0.25) is 0 Å². The average Bonchev–Trinajstić information content (AvgIpc) is 4.10. The van der Waals surface area contributed by atoms with E-state index in [1.165, 1.54) is 11.2 Å². The van der Waals surface area contributed by atoms with E-state index in [0.717, 1.165) is 49.2 Å². The minimum atomic E-state index is -3.76. The minimum absolute atomic E-state index is 0.0861. The van der Waals surface area contributed by atoms with Gasteiger partial charge in [-0.15, -0.1) is 0 Å². The van der Waals surface area contributed by atoms with E-state index in [1.807, 2.05) is 176 Å². The Labute approximate surface area is 453 Å². The summed E-state index contributed by atoms with van der Waals surface area (Å²) in [6.45, 7) is 1.61. The predicted octanol–water partition coefficient (Wildman–Crippen LogP) is 13.9. The lowest BCUT2D eigenvalue weighted by Gasteiger charge is -2.37. The summed E-state index contributed by atoms with van der Waals surface area (Å²) in [5.74, 6) is -3.13. The topological polar surface area (TPSA) is 165 Å². The quantitative estimate of drug-likeness (QED) is 0.0566. The standard InChI is InChI=1S/C59H53N6O9PS2/c1-4-52(66)61-57-62-55-54(56(63-57)73-58(67)65(44-22-12-6-13-23-44)45-24-14-7-15-25-45)60-40-64(55)53-38-50(74-75(68,76-48-26-16-8-17-27-48)77-49-28-18-9-19-29-49)51(72-53)39-71-59(41-20-10-5-11-21-41,42-30-34-46(69-2)35-31-42)43-32-36-47(70-3)37-33-43/h5-37,40,50-51,53H,4,38-39H2,1-3H3,(H,61,62,63,66)/t50-,51+,53+/m0/s1. The summed E-state index contributed by atoms with van der Waals surface area (Å²) in [6, 6.07) is 62.4. The van der Waals surface area contributed by atoms with Gasteiger partial charge in [0.1, 0.15) is 29.4 Å². The van der Waals surface area contributed by atoms with E-state index >= 15 is 4.57 Å². The highest BCUT2D eigenvalue weighted by atomic mass is 33.1. The lowest BCUT2D eigenvalue weighted by atomic mass is 9.80. The van der Waals surface area contributed by atoms with Crippen LogP contribution in [0.1, 0.15) is 42.7 Å². The summed E-state index contributed by atoms with van der Waals surface area (Å²) in [5.41, 5.74) is 2.55. The molecule has 2 aromatic heterocycles. The van der Waals surface area contributed by atoms with Gasteiger partial charge >= 0.3 is 11.9 Å². The first-order chi connectivity index (χ1) is 37.6. The number of carbonyl (C=O) groups excluding carboxylic acids is 2. The Kier molecular flexibility index (Phi) is 16.5. The fourth-order valence-electron chi connectivity index (χ4n) is 8.95. The lowest BCUT2D eigenvalue weighted by Crippen LogP contribution is -2.38. The molecule has 0 saturated carbocycles. The van der Waals surface area contributed by atoms with Crippen LogP contribution in [0.15, 0.2) is 216 Å². The molecular formula is C59H53N6O9PS2. The van der Waals surface area contributed by atoms with Crippen molar-refractivity contribution in [2.24, 2.45) is 0 Å². The first-order valence-electron chi connectivity index (χ1n) is 24.7. The molecule has 10 rings (SSSR count). The third-order valence-corrected chi connectivity index (χ3v) is 19.1. The van der Waals surface area contributed by atoms with Crippen LogP contribution in [0.4, 0.5) is 22.1 Å². The van der Waals surface area contributed by atoms with Crippen LogP contribution in [0.25, 0.3) is 11.2 Å². The Morgan fingerprint density at radius 1 is 0.688 bits per heavy atom. The number of aromatic nitrogens is 4. The van der Waals surface area contributed by atoms with Crippen molar-refractivity contribution in [1.29, 1.82) is 0 Å². The maximum Gasteiger partial charge on any atom is 0.425 e. The zero-order valence-electron chi connectivity index (χ0n) is 42.2. The van der Waals surface area contributed by atoms with Crippen molar-refractivity contribution in [2.75, 3.05) is 31.0 Å². The summed E-state index contributed by atoms with van der Waals surface area (Å²) in [4.78, 5) is 44.4. The molecular weight excluding hydrogens is 1030 g/mol. The Morgan fingerprint density at radius 2 is 1.18 bits per heavy atom. The SMILES string of the molecule is CCC(=O)Nc1nc(OC(=O)N(c2ccccc2)c2ccccc2)c2ncn([C@H]3C[C@H](OP(=O)(Sc4ccccc4)Sc4ccccc4)[C@@H](COC(c4ccccc4)(c4ccc(OC)cc4)c4ccc(OC)cc4)O3)c2n1. The van der Waals surface area contributed by atoms with E-state index in [1.54, 1.807) is 50.0 Å². The van der Waals surface area contributed by atoms with Crippen LogP contribution in [0.5, 0.6) is 17.4 Å². The van der Waals surface area contributed by atoms with Gasteiger partial charge in [-0.25, -0.2) is 14.7 Å². The second-order valence-electron chi connectivity index (χ2n) is 17.5. The average molecular weight is 1090 g/mol. The molecule has 0 unspecified atom stereocenters. The second-order valence-corrected chi connectivity index (χ2v) is 24.6. The number of nitrogens with one attached hydrogen (secondary N) is 1. The monoisotopic (exact) mass is 1080 g/mol. The molecule has 0 radical (unpaired) electrons. The molecule has 0 aliphatic carbocycles. The van der Waals surface area contributed by atoms with Crippen molar-refractivity contribution in [1.82, 2.24) is 19.5 Å². The third-order valence-electron chi connectivity index (χ3n) is 12.7. The van der Waals surface area contributed by atoms with Crippen molar-refractivity contribution < 1.29 is 42.4 Å². The van der Waals surface area contributed by atoms with Gasteiger partial charge in [0.2, 0.25) is 11.9 Å². The van der Waals surface area contributed by atoms with Gasteiger partial charge in [0.05, 0.1) is 44.6 Å². The van der Waals surface area contributed by atoms with Crippen LogP contribution in [0, 0.1) is 0 Å². The van der Waals surface area contributed by atoms with Crippen LogP contribution < -0.4 is 24.4 Å². The highest BCUT2D eigenvalue weighted by molar-refractivity contribution is 8.89. The number of ether oxygens (including phenoxy) is 5. The van der Waals surface area contributed by atoms with Gasteiger partial charge < -0.3 is 28.2 Å². The van der Waals surface area contributed by atoms with Crippen molar-refractivity contribution in [3.63, 3.8) is 0 Å². The number of para-hydroxylation sites is 2. The first-order valence-corrected chi connectivity index (χ1v) is 29.2. The van der Waals surface area contributed by atoms with Crippen molar-refractivity contribution in [3.05, 3.63) is 223 Å². The smallest absolute Gasteiger partial charge is 0.425 e. The molecule has 9 aromatic rings. The largest absolute Gasteiger partial charge is 0.497 e. The van der Waals surface area contributed by atoms with Crippen LogP contribution in [-0.4, -0.2) is 64.6 Å². The normalized spacial score (nSPS) is 15.4. The van der Waals surface area contributed by atoms with Crippen molar-refractivity contribution in [3.8, 4) is 17.4 Å². The van der Waals surface area contributed by atoms with Crippen molar-refractivity contribution in [2.45, 2.75) is 53.6 Å². The highest BCUT2D eigenvalue weighted by Gasteiger charge is 2.46. The number of imidazole rings is 1. The minimum Gasteiger partial charge on any atom is -0.497 e. The van der Waals surface area contributed by atoms with Crippen LogP contribution in [-0.2, 0) is 29.0 Å². The zero-order chi connectivity index (χ0) is 53.2. The maximum absolute atomic E-state index is 15.7. The van der Waals surface area contributed by atoms with Crippen LogP contribution in [0.3, 0.4) is 0 Å². The van der Waals surface area contributed by atoms with Crippen molar-refractivity contribution >= 4 is 69.0 Å². The number of hydrogen-bond acceptors (Lipinski definition) is 14. The van der Waals surface area contributed by atoms with Crippen LogP contribution >= 0.6 is 28.5 Å². The fraction of sp³-hybridized carbons (Fsp3) is 0.169. The first kappa shape index (κ1) is 52.7. The summed E-state index contributed by atoms with van der Waals surface area (Å²) >= 11 is 2.31. The van der Waals surface area contributed by atoms with Gasteiger partial charge in [0.15, 0.2) is 11.2 Å². The molecule has 15 nitrogen and oxygen atoms in total. The molecule has 7 aromatic carbocycles. The second kappa shape index (κ2) is 24.1. The molecule has 77 heavy (non-hydrogen) atoms. The van der Waals surface area contributed by atoms with Gasteiger partial charge in [-0.2, -0.15) is 9.97 Å². The Bertz CT molecular complexity index is 3330. The van der Waals surface area contributed by atoms with E-state index in [4.69, 9.17) is 38.2 Å². The van der Waals surface area contributed by atoms with Gasteiger partial charge in [0, 0.05) is 22.6 Å². The number of carbonyl (C=O) groups is 2. The highest BCUT2D eigenvalue weighted by Crippen LogP contribution is 2.75. The third kappa shape index (κ3) is 12.0. The number of nitrogens with zero attached hydrogens (tertiary/aromatic N) is 5. The molecule has 3 atom stereocenters. The molecule has 18 heteroatoms. The van der Waals surface area contributed by atoms with Gasteiger partial charge in [-0.1, -0.05) is 134 Å². The number of fused-ring (bicyclic) bond motifs is 1. The van der Waals surface area contributed by atoms with Gasteiger partial charge in [-0.05, 0) is 112 Å². The number of hydrogen-bond donors (Lipinski definition) is 1.